The first kappa shape index (κ1) is 17.2. The van der Waals surface area contributed by atoms with E-state index in [2.05, 4.69) is 20.5 Å². The van der Waals surface area contributed by atoms with Crippen LogP contribution in [-0.4, -0.2) is 36.0 Å². The molecule has 1 aromatic heterocycles. The van der Waals surface area contributed by atoms with Crippen molar-refractivity contribution in [2.24, 2.45) is 5.10 Å². The molecule has 0 fully saturated rings. The largest absolute Gasteiger partial charge is 0.481 e. The van der Waals surface area contributed by atoms with Gasteiger partial charge in [-0.05, 0) is 26.0 Å². The standard InChI is InChI=1S/C16H18N4O4/c1-4-23-16(21)20-17-10-12-7-5-6-8-13(12)24-15-18-11(2)9-14(19-15)22-3/h5-10H,4H2,1-3H3,(H,20,21). The Labute approximate surface area is 139 Å². The molecule has 1 amide bonds. The number of aromatic nitrogens is 2. The summed E-state index contributed by atoms with van der Waals surface area (Å²) in [5.41, 5.74) is 3.60. The number of hydrogen-bond acceptors (Lipinski definition) is 7. The summed E-state index contributed by atoms with van der Waals surface area (Å²) in [6.45, 7) is 3.80. The van der Waals surface area contributed by atoms with E-state index in [9.17, 15) is 4.79 Å². The molecule has 8 heteroatoms. The average Bonchev–Trinajstić information content (AvgIpc) is 2.56. The zero-order valence-electron chi connectivity index (χ0n) is 13.6. The van der Waals surface area contributed by atoms with E-state index in [4.69, 9.17) is 14.2 Å². The van der Waals surface area contributed by atoms with Gasteiger partial charge in [0.05, 0.1) is 19.9 Å². The molecule has 24 heavy (non-hydrogen) atoms. The molecule has 0 unspecified atom stereocenters. The van der Waals surface area contributed by atoms with E-state index < -0.39 is 6.09 Å². The average molecular weight is 330 g/mol. The van der Waals surface area contributed by atoms with Crippen molar-refractivity contribution >= 4 is 12.3 Å². The monoisotopic (exact) mass is 330 g/mol. The lowest BCUT2D eigenvalue weighted by Gasteiger charge is -2.08. The second kappa shape index (κ2) is 8.47. The lowest BCUT2D eigenvalue weighted by molar-refractivity contribution is 0.152. The molecule has 8 nitrogen and oxygen atoms in total. The molecule has 0 radical (unpaired) electrons. The molecule has 1 N–H and O–H groups in total. The molecule has 0 spiro atoms. The summed E-state index contributed by atoms with van der Waals surface area (Å²) in [6, 6.07) is 8.99. The molecule has 1 heterocycles. The van der Waals surface area contributed by atoms with Crippen LogP contribution >= 0.6 is 0 Å². The fourth-order valence-corrected chi connectivity index (χ4v) is 1.76. The molecular weight excluding hydrogens is 312 g/mol. The van der Waals surface area contributed by atoms with Gasteiger partial charge in [-0.1, -0.05) is 12.1 Å². The third-order valence-electron chi connectivity index (χ3n) is 2.77. The Morgan fingerprint density at radius 3 is 2.88 bits per heavy atom. The van der Waals surface area contributed by atoms with Crippen LogP contribution in [0.1, 0.15) is 18.2 Å². The number of nitrogens with one attached hydrogen (secondary N) is 1. The number of hydrazone groups is 1. The summed E-state index contributed by atoms with van der Waals surface area (Å²) >= 11 is 0. The van der Waals surface area contributed by atoms with Gasteiger partial charge in [0.25, 0.3) is 0 Å². The molecule has 0 bridgehead atoms. The van der Waals surface area contributed by atoms with Crippen molar-refractivity contribution in [2.75, 3.05) is 13.7 Å². The van der Waals surface area contributed by atoms with Gasteiger partial charge in [-0.15, -0.1) is 0 Å². The van der Waals surface area contributed by atoms with Crippen LogP contribution in [0.15, 0.2) is 35.4 Å². The molecule has 0 aliphatic heterocycles. The Balaban J connectivity index is 2.15. The maximum atomic E-state index is 11.2. The zero-order valence-corrected chi connectivity index (χ0v) is 13.6. The maximum Gasteiger partial charge on any atom is 0.427 e. The van der Waals surface area contributed by atoms with Crippen LogP contribution in [0.25, 0.3) is 0 Å². The number of ether oxygens (including phenoxy) is 3. The Kier molecular flexibility index (Phi) is 6.07. The number of nitrogens with zero attached hydrogens (tertiary/aromatic N) is 3. The topological polar surface area (TPSA) is 94.9 Å². The summed E-state index contributed by atoms with van der Waals surface area (Å²) in [5.74, 6) is 0.896. The summed E-state index contributed by atoms with van der Waals surface area (Å²) in [7, 11) is 1.52. The molecule has 0 aliphatic rings. The number of rotatable bonds is 6. The second-order valence-corrected chi connectivity index (χ2v) is 4.56. The predicted octanol–water partition coefficient (Wildman–Crippen LogP) is 2.67. The van der Waals surface area contributed by atoms with Crippen LogP contribution in [0, 0.1) is 6.92 Å². The van der Waals surface area contributed by atoms with Gasteiger partial charge in [-0.2, -0.15) is 15.1 Å². The fourth-order valence-electron chi connectivity index (χ4n) is 1.76. The summed E-state index contributed by atoms with van der Waals surface area (Å²) in [4.78, 5) is 19.5. The van der Waals surface area contributed by atoms with Gasteiger partial charge in [0.1, 0.15) is 5.75 Å². The molecular formula is C16H18N4O4. The van der Waals surface area contributed by atoms with Crippen LogP contribution < -0.4 is 14.9 Å². The number of carbonyl (C=O) groups excluding carboxylic acids is 1. The van der Waals surface area contributed by atoms with Gasteiger partial charge in [-0.25, -0.2) is 10.2 Å². The summed E-state index contributed by atoms with van der Waals surface area (Å²) in [6.07, 6.45) is 0.818. The molecule has 0 saturated carbocycles. The van der Waals surface area contributed by atoms with Crippen LogP contribution in [0.5, 0.6) is 17.6 Å². The Bertz CT molecular complexity index is 734. The Hall–Kier alpha value is -3.16. The minimum absolute atomic E-state index is 0.158. The van der Waals surface area contributed by atoms with Crippen molar-refractivity contribution in [1.29, 1.82) is 0 Å². The van der Waals surface area contributed by atoms with Crippen molar-refractivity contribution in [2.45, 2.75) is 13.8 Å². The van der Waals surface area contributed by atoms with Crippen molar-refractivity contribution in [3.63, 3.8) is 0 Å². The molecule has 2 rings (SSSR count). The molecule has 1 aromatic carbocycles. The maximum absolute atomic E-state index is 11.2. The Morgan fingerprint density at radius 1 is 1.33 bits per heavy atom. The van der Waals surface area contributed by atoms with E-state index in [1.165, 1.54) is 13.3 Å². The van der Waals surface area contributed by atoms with E-state index in [0.717, 1.165) is 0 Å². The first-order valence-corrected chi connectivity index (χ1v) is 7.24. The van der Waals surface area contributed by atoms with Gasteiger partial charge in [-0.3, -0.25) is 0 Å². The lowest BCUT2D eigenvalue weighted by Crippen LogP contribution is -2.18. The van der Waals surface area contributed by atoms with Crippen molar-refractivity contribution in [1.82, 2.24) is 15.4 Å². The second-order valence-electron chi connectivity index (χ2n) is 4.56. The number of para-hydroxylation sites is 1. The van der Waals surface area contributed by atoms with Crippen molar-refractivity contribution < 1.29 is 19.0 Å². The number of benzene rings is 1. The molecule has 126 valence electrons. The minimum atomic E-state index is -0.626. The third kappa shape index (κ3) is 4.94. The third-order valence-corrected chi connectivity index (χ3v) is 2.77. The van der Waals surface area contributed by atoms with Gasteiger partial charge in [0.2, 0.25) is 5.88 Å². The first-order valence-electron chi connectivity index (χ1n) is 7.24. The van der Waals surface area contributed by atoms with Crippen molar-refractivity contribution in [3.05, 3.63) is 41.6 Å². The number of aryl methyl sites for hydroxylation is 1. The number of hydrogen-bond donors (Lipinski definition) is 1. The summed E-state index contributed by atoms with van der Waals surface area (Å²) < 4.78 is 15.5. The SMILES string of the molecule is CCOC(=O)NN=Cc1ccccc1Oc1nc(C)cc(OC)n1. The van der Waals surface area contributed by atoms with Gasteiger partial charge in [0.15, 0.2) is 0 Å². The zero-order chi connectivity index (χ0) is 17.4. The van der Waals surface area contributed by atoms with Crippen LogP contribution in [-0.2, 0) is 4.74 Å². The predicted molar refractivity (Wildman–Crippen MR) is 87.6 cm³/mol. The first-order chi connectivity index (χ1) is 11.6. The molecule has 0 atom stereocenters. The van der Waals surface area contributed by atoms with E-state index in [-0.39, 0.29) is 12.6 Å². The normalized spacial score (nSPS) is 10.5. The number of methoxy groups -OCH3 is 1. The van der Waals surface area contributed by atoms with E-state index in [1.807, 2.05) is 13.0 Å². The van der Waals surface area contributed by atoms with Crippen LogP contribution in [0.2, 0.25) is 0 Å². The Morgan fingerprint density at radius 2 is 2.12 bits per heavy atom. The quantitative estimate of drug-likeness (QED) is 0.646. The number of carbonyl (C=O) groups is 1. The molecule has 2 aromatic rings. The van der Waals surface area contributed by atoms with Crippen LogP contribution in [0.3, 0.4) is 0 Å². The highest BCUT2D eigenvalue weighted by Gasteiger charge is 2.08. The summed E-state index contributed by atoms with van der Waals surface area (Å²) in [5, 5.41) is 3.82. The van der Waals surface area contributed by atoms with Gasteiger partial charge in [0, 0.05) is 17.3 Å². The van der Waals surface area contributed by atoms with E-state index >= 15 is 0 Å². The lowest BCUT2D eigenvalue weighted by atomic mass is 10.2. The minimum Gasteiger partial charge on any atom is -0.481 e. The van der Waals surface area contributed by atoms with Crippen molar-refractivity contribution in [3.8, 4) is 17.6 Å². The fraction of sp³-hybridized carbons (Fsp3) is 0.250. The van der Waals surface area contributed by atoms with E-state index in [1.54, 1.807) is 31.2 Å². The molecule has 0 saturated heterocycles. The van der Waals surface area contributed by atoms with Gasteiger partial charge < -0.3 is 14.2 Å². The smallest absolute Gasteiger partial charge is 0.427 e. The number of amides is 1. The highest BCUT2D eigenvalue weighted by Crippen LogP contribution is 2.23. The highest BCUT2D eigenvalue weighted by molar-refractivity contribution is 5.84. The van der Waals surface area contributed by atoms with E-state index in [0.29, 0.717) is 22.9 Å². The molecule has 0 aliphatic carbocycles. The van der Waals surface area contributed by atoms with Gasteiger partial charge >= 0.3 is 12.1 Å². The van der Waals surface area contributed by atoms with Crippen LogP contribution in [0.4, 0.5) is 4.79 Å². The highest BCUT2D eigenvalue weighted by atomic mass is 16.5.